The molecule has 1 rings (SSSR count). The lowest BCUT2D eigenvalue weighted by atomic mass is 10.1. The van der Waals surface area contributed by atoms with Crippen LogP contribution in [0.25, 0.3) is 0 Å². The summed E-state index contributed by atoms with van der Waals surface area (Å²) in [6, 6.07) is 9.14. The van der Waals surface area contributed by atoms with Crippen LogP contribution in [-0.2, 0) is 14.3 Å². The Labute approximate surface area is 115 Å². The van der Waals surface area contributed by atoms with Crippen molar-refractivity contribution < 1.29 is 14.3 Å². The van der Waals surface area contributed by atoms with Crippen LogP contribution in [0.2, 0.25) is 0 Å². The molecular formula is C15H23NO3. The molecule has 1 N–H and O–H groups in total. The van der Waals surface area contributed by atoms with E-state index < -0.39 is 6.04 Å². The molecule has 0 fully saturated rings. The number of hydrogen-bond acceptors (Lipinski definition) is 4. The van der Waals surface area contributed by atoms with E-state index in [9.17, 15) is 4.79 Å². The summed E-state index contributed by atoms with van der Waals surface area (Å²) in [5.74, 6) is -0.252. The Balaban J connectivity index is 2.58. The van der Waals surface area contributed by atoms with Gasteiger partial charge in [0.15, 0.2) is 0 Å². The minimum absolute atomic E-state index is 0.194. The van der Waals surface area contributed by atoms with E-state index in [1.807, 2.05) is 51.1 Å². The van der Waals surface area contributed by atoms with Crippen LogP contribution in [0.4, 0.5) is 0 Å². The molecule has 0 aliphatic carbocycles. The second-order valence-corrected chi connectivity index (χ2v) is 4.47. The molecule has 0 heterocycles. The first-order valence-corrected chi connectivity index (χ1v) is 6.71. The molecule has 0 bridgehead atoms. The summed E-state index contributed by atoms with van der Waals surface area (Å²) in [6.45, 7) is 7.34. The van der Waals surface area contributed by atoms with Crippen LogP contribution in [0.3, 0.4) is 0 Å². The molecule has 1 aromatic rings. The highest BCUT2D eigenvalue weighted by Crippen LogP contribution is 2.14. The minimum Gasteiger partial charge on any atom is -0.465 e. The highest BCUT2D eigenvalue weighted by atomic mass is 16.5. The lowest BCUT2D eigenvalue weighted by Crippen LogP contribution is -2.33. The standard InChI is InChI=1S/C15H23NO3/c1-4-18-15(17)14(13-8-6-5-7-9-13)16-10-11-19-12(2)3/h5-9,12,14,16H,4,10-11H2,1-3H3. The molecule has 4 nitrogen and oxygen atoms in total. The van der Waals surface area contributed by atoms with Gasteiger partial charge in [-0.25, -0.2) is 4.79 Å². The van der Waals surface area contributed by atoms with Crippen LogP contribution >= 0.6 is 0 Å². The van der Waals surface area contributed by atoms with E-state index in [4.69, 9.17) is 9.47 Å². The Morgan fingerprint density at radius 1 is 1.26 bits per heavy atom. The fraction of sp³-hybridized carbons (Fsp3) is 0.533. The molecule has 0 aromatic heterocycles. The van der Waals surface area contributed by atoms with Crippen LogP contribution in [-0.4, -0.2) is 31.8 Å². The zero-order valence-electron chi connectivity index (χ0n) is 11.9. The van der Waals surface area contributed by atoms with Gasteiger partial charge < -0.3 is 9.47 Å². The third-order valence-electron chi connectivity index (χ3n) is 2.56. The minimum atomic E-state index is -0.433. The number of nitrogens with one attached hydrogen (secondary N) is 1. The van der Waals surface area contributed by atoms with Crippen LogP contribution in [0, 0.1) is 0 Å². The number of rotatable bonds is 8. The maximum atomic E-state index is 11.9. The molecule has 1 aromatic carbocycles. The van der Waals surface area contributed by atoms with Crippen LogP contribution in [0.1, 0.15) is 32.4 Å². The van der Waals surface area contributed by atoms with Crippen molar-refractivity contribution in [3.05, 3.63) is 35.9 Å². The summed E-state index contributed by atoms with van der Waals surface area (Å²) in [5.41, 5.74) is 0.908. The quantitative estimate of drug-likeness (QED) is 0.579. The topological polar surface area (TPSA) is 47.6 Å². The van der Waals surface area contributed by atoms with Gasteiger partial charge in [-0.2, -0.15) is 0 Å². The molecule has 0 saturated carbocycles. The number of ether oxygens (including phenoxy) is 2. The average molecular weight is 265 g/mol. The lowest BCUT2D eigenvalue weighted by molar-refractivity contribution is -0.145. The van der Waals surface area contributed by atoms with Gasteiger partial charge in [0.25, 0.3) is 0 Å². The zero-order chi connectivity index (χ0) is 14.1. The van der Waals surface area contributed by atoms with E-state index in [0.29, 0.717) is 19.8 Å². The van der Waals surface area contributed by atoms with Crippen LogP contribution in [0.5, 0.6) is 0 Å². The molecule has 0 saturated heterocycles. The number of benzene rings is 1. The van der Waals surface area contributed by atoms with E-state index in [1.165, 1.54) is 0 Å². The average Bonchev–Trinajstić information content (AvgIpc) is 2.39. The molecule has 19 heavy (non-hydrogen) atoms. The van der Waals surface area contributed by atoms with E-state index in [0.717, 1.165) is 5.56 Å². The largest absolute Gasteiger partial charge is 0.465 e. The molecule has 0 amide bonds. The van der Waals surface area contributed by atoms with Crippen LogP contribution < -0.4 is 5.32 Å². The van der Waals surface area contributed by atoms with Gasteiger partial charge in [-0.05, 0) is 26.3 Å². The first-order chi connectivity index (χ1) is 9.15. The van der Waals surface area contributed by atoms with Gasteiger partial charge in [-0.1, -0.05) is 30.3 Å². The van der Waals surface area contributed by atoms with Crippen molar-refractivity contribution >= 4 is 5.97 Å². The summed E-state index contributed by atoms with van der Waals surface area (Å²) in [7, 11) is 0. The summed E-state index contributed by atoms with van der Waals surface area (Å²) in [5, 5.41) is 3.18. The summed E-state index contributed by atoms with van der Waals surface area (Å²) in [6.07, 6.45) is 0.194. The molecule has 0 radical (unpaired) electrons. The molecule has 0 aliphatic rings. The van der Waals surface area contributed by atoms with Crippen molar-refractivity contribution in [1.82, 2.24) is 5.32 Å². The Morgan fingerprint density at radius 3 is 2.53 bits per heavy atom. The number of hydrogen-bond donors (Lipinski definition) is 1. The molecule has 1 unspecified atom stereocenters. The molecule has 106 valence electrons. The predicted molar refractivity (Wildman–Crippen MR) is 74.9 cm³/mol. The number of carbonyl (C=O) groups excluding carboxylic acids is 1. The fourth-order valence-corrected chi connectivity index (χ4v) is 1.71. The van der Waals surface area contributed by atoms with Crippen molar-refractivity contribution in [2.24, 2.45) is 0 Å². The van der Waals surface area contributed by atoms with Gasteiger partial charge in [-0.3, -0.25) is 5.32 Å². The first-order valence-electron chi connectivity index (χ1n) is 6.71. The van der Waals surface area contributed by atoms with E-state index in [1.54, 1.807) is 0 Å². The maximum Gasteiger partial charge on any atom is 0.327 e. The summed E-state index contributed by atoms with van der Waals surface area (Å²) < 4.78 is 10.5. The normalized spacial score (nSPS) is 12.4. The highest BCUT2D eigenvalue weighted by molar-refractivity contribution is 5.77. The van der Waals surface area contributed by atoms with Gasteiger partial charge in [0.2, 0.25) is 0 Å². The predicted octanol–water partition coefficient (Wildman–Crippen LogP) is 2.31. The molecule has 0 spiro atoms. The van der Waals surface area contributed by atoms with Crippen molar-refractivity contribution in [2.45, 2.75) is 32.9 Å². The molecule has 0 aliphatic heterocycles. The number of carbonyl (C=O) groups is 1. The number of esters is 1. The maximum absolute atomic E-state index is 11.9. The Morgan fingerprint density at radius 2 is 1.95 bits per heavy atom. The third-order valence-corrected chi connectivity index (χ3v) is 2.56. The van der Waals surface area contributed by atoms with Gasteiger partial charge >= 0.3 is 5.97 Å². The fourth-order valence-electron chi connectivity index (χ4n) is 1.71. The van der Waals surface area contributed by atoms with Crippen molar-refractivity contribution in [2.75, 3.05) is 19.8 Å². The summed E-state index contributed by atoms with van der Waals surface area (Å²) >= 11 is 0. The SMILES string of the molecule is CCOC(=O)C(NCCOC(C)C)c1ccccc1. The second-order valence-electron chi connectivity index (χ2n) is 4.47. The molecular weight excluding hydrogens is 242 g/mol. The third kappa shape index (κ3) is 5.85. The molecule has 4 heteroatoms. The lowest BCUT2D eigenvalue weighted by Gasteiger charge is -2.18. The smallest absolute Gasteiger partial charge is 0.327 e. The van der Waals surface area contributed by atoms with Crippen molar-refractivity contribution in [3.63, 3.8) is 0 Å². The van der Waals surface area contributed by atoms with Gasteiger partial charge in [-0.15, -0.1) is 0 Å². The second kappa shape index (κ2) is 8.67. The first kappa shape index (κ1) is 15.7. The van der Waals surface area contributed by atoms with Gasteiger partial charge in [0.1, 0.15) is 6.04 Å². The van der Waals surface area contributed by atoms with Crippen molar-refractivity contribution in [3.8, 4) is 0 Å². The zero-order valence-corrected chi connectivity index (χ0v) is 11.9. The van der Waals surface area contributed by atoms with E-state index in [2.05, 4.69) is 5.32 Å². The van der Waals surface area contributed by atoms with E-state index in [-0.39, 0.29) is 12.1 Å². The van der Waals surface area contributed by atoms with Crippen molar-refractivity contribution in [1.29, 1.82) is 0 Å². The van der Waals surface area contributed by atoms with E-state index >= 15 is 0 Å². The highest BCUT2D eigenvalue weighted by Gasteiger charge is 2.20. The Hall–Kier alpha value is -1.39. The van der Waals surface area contributed by atoms with Gasteiger partial charge in [0.05, 0.1) is 19.3 Å². The Bertz CT molecular complexity index is 365. The monoisotopic (exact) mass is 265 g/mol. The molecule has 1 atom stereocenters. The van der Waals surface area contributed by atoms with Crippen LogP contribution in [0.15, 0.2) is 30.3 Å². The summed E-state index contributed by atoms with van der Waals surface area (Å²) in [4.78, 5) is 11.9. The Kier molecular flexibility index (Phi) is 7.15. The van der Waals surface area contributed by atoms with Gasteiger partial charge in [0, 0.05) is 6.54 Å².